The summed E-state index contributed by atoms with van der Waals surface area (Å²) in [4.78, 5) is 11.2. The summed E-state index contributed by atoms with van der Waals surface area (Å²) in [7, 11) is 1.83. The van der Waals surface area contributed by atoms with Crippen LogP contribution < -0.4 is 5.32 Å². The highest BCUT2D eigenvalue weighted by atomic mass is 35.5. The first-order valence-electron chi connectivity index (χ1n) is 4.49. The zero-order valence-corrected chi connectivity index (χ0v) is 8.95. The first kappa shape index (κ1) is 9.98. The number of nitrogens with zero attached hydrogens (tertiary/aromatic N) is 2. The number of fused-ring (bicyclic) bond motifs is 1. The molecule has 1 aromatic heterocycles. The zero-order valence-electron chi connectivity index (χ0n) is 8.20. The molecule has 0 aliphatic rings. The lowest BCUT2D eigenvalue weighted by atomic mass is 10.2. The van der Waals surface area contributed by atoms with E-state index in [4.69, 9.17) is 11.6 Å². The minimum Gasteiger partial charge on any atom is -0.323 e. The van der Waals surface area contributed by atoms with Gasteiger partial charge in [-0.05, 0) is 6.07 Å². The number of alkyl halides is 1. The van der Waals surface area contributed by atoms with E-state index >= 15 is 0 Å². The minimum atomic E-state index is -0.217. The second kappa shape index (κ2) is 3.90. The summed E-state index contributed by atoms with van der Waals surface area (Å²) in [6, 6.07) is 5.64. The van der Waals surface area contributed by atoms with Gasteiger partial charge in [-0.25, -0.2) is 0 Å². The Labute approximate surface area is 91.8 Å². The molecule has 0 unspecified atom stereocenters. The number of hydrogen-bond donors (Lipinski definition) is 1. The fourth-order valence-corrected chi connectivity index (χ4v) is 1.58. The minimum absolute atomic E-state index is 0.0474. The molecule has 15 heavy (non-hydrogen) atoms. The first-order valence-corrected chi connectivity index (χ1v) is 5.02. The number of amides is 1. The molecule has 2 rings (SSSR count). The van der Waals surface area contributed by atoms with Crippen LogP contribution in [0.15, 0.2) is 24.4 Å². The van der Waals surface area contributed by atoms with Crippen LogP contribution in [0.25, 0.3) is 10.9 Å². The van der Waals surface area contributed by atoms with Crippen LogP contribution in [0.5, 0.6) is 0 Å². The summed E-state index contributed by atoms with van der Waals surface area (Å²) < 4.78 is 1.72. The van der Waals surface area contributed by atoms with Gasteiger partial charge < -0.3 is 5.32 Å². The Morgan fingerprint density at radius 1 is 1.60 bits per heavy atom. The zero-order chi connectivity index (χ0) is 10.8. The van der Waals surface area contributed by atoms with E-state index in [1.165, 1.54) is 0 Å². The molecule has 1 heterocycles. The molecule has 1 N–H and O–H groups in total. The third kappa shape index (κ3) is 1.80. The number of rotatable bonds is 2. The summed E-state index contributed by atoms with van der Waals surface area (Å²) in [5.41, 5.74) is 1.63. The molecule has 1 amide bonds. The standard InChI is InChI=1S/C10H10ClN3O/c1-14-10-7(6-12-14)3-2-4-8(10)13-9(15)5-11/h2-4,6H,5H2,1H3,(H,13,15). The smallest absolute Gasteiger partial charge is 0.239 e. The summed E-state index contributed by atoms with van der Waals surface area (Å²) >= 11 is 5.43. The molecule has 5 heteroatoms. The molecule has 0 bridgehead atoms. The van der Waals surface area contributed by atoms with Gasteiger partial charge in [0, 0.05) is 12.4 Å². The average molecular weight is 224 g/mol. The molecule has 2 aromatic rings. The van der Waals surface area contributed by atoms with E-state index in [-0.39, 0.29) is 11.8 Å². The van der Waals surface area contributed by atoms with Crippen molar-refractivity contribution in [3.05, 3.63) is 24.4 Å². The number of para-hydroxylation sites is 1. The highest BCUT2D eigenvalue weighted by Gasteiger charge is 2.07. The van der Waals surface area contributed by atoms with Gasteiger partial charge in [0.1, 0.15) is 5.88 Å². The Morgan fingerprint density at radius 2 is 2.40 bits per heavy atom. The Morgan fingerprint density at radius 3 is 3.13 bits per heavy atom. The van der Waals surface area contributed by atoms with E-state index < -0.39 is 0 Å². The van der Waals surface area contributed by atoms with Gasteiger partial charge in [-0.15, -0.1) is 11.6 Å². The lowest BCUT2D eigenvalue weighted by Crippen LogP contribution is -2.13. The molecule has 0 fully saturated rings. The van der Waals surface area contributed by atoms with Crippen LogP contribution >= 0.6 is 11.6 Å². The molecular formula is C10H10ClN3O. The number of hydrogen-bond acceptors (Lipinski definition) is 2. The second-order valence-corrected chi connectivity index (χ2v) is 3.46. The normalized spacial score (nSPS) is 10.5. The summed E-state index contributed by atoms with van der Waals surface area (Å²) in [5.74, 6) is -0.265. The van der Waals surface area contributed by atoms with E-state index in [0.29, 0.717) is 0 Å². The highest BCUT2D eigenvalue weighted by molar-refractivity contribution is 6.29. The number of benzene rings is 1. The number of nitrogens with one attached hydrogen (secondary N) is 1. The Bertz CT molecular complexity index is 506. The van der Waals surface area contributed by atoms with E-state index in [9.17, 15) is 4.79 Å². The Kier molecular flexibility index (Phi) is 2.60. The van der Waals surface area contributed by atoms with Gasteiger partial charge in [-0.1, -0.05) is 12.1 Å². The quantitative estimate of drug-likeness (QED) is 0.789. The van der Waals surface area contributed by atoms with Gasteiger partial charge in [0.15, 0.2) is 0 Å². The number of carbonyl (C=O) groups is 1. The van der Waals surface area contributed by atoms with Crippen molar-refractivity contribution >= 4 is 34.1 Å². The maximum absolute atomic E-state index is 11.2. The van der Waals surface area contributed by atoms with Crippen molar-refractivity contribution in [3.8, 4) is 0 Å². The molecule has 0 aliphatic carbocycles. The molecule has 0 saturated carbocycles. The number of aromatic nitrogens is 2. The van der Waals surface area contributed by atoms with Crippen LogP contribution in [0.4, 0.5) is 5.69 Å². The van der Waals surface area contributed by atoms with Crippen molar-refractivity contribution in [2.75, 3.05) is 11.2 Å². The molecule has 0 saturated heterocycles. The SMILES string of the molecule is Cn1ncc2cccc(NC(=O)CCl)c21. The van der Waals surface area contributed by atoms with E-state index in [1.54, 1.807) is 10.9 Å². The Balaban J connectivity index is 2.50. The van der Waals surface area contributed by atoms with Crippen LogP contribution in [0.2, 0.25) is 0 Å². The van der Waals surface area contributed by atoms with Crippen LogP contribution in [0.1, 0.15) is 0 Å². The van der Waals surface area contributed by atoms with Crippen molar-refractivity contribution in [3.63, 3.8) is 0 Å². The van der Waals surface area contributed by atoms with Crippen molar-refractivity contribution in [2.45, 2.75) is 0 Å². The average Bonchev–Trinajstić information content (AvgIpc) is 2.61. The number of anilines is 1. The molecule has 78 valence electrons. The summed E-state index contributed by atoms with van der Waals surface area (Å²) in [6.07, 6.45) is 1.76. The van der Waals surface area contributed by atoms with Crippen molar-refractivity contribution < 1.29 is 4.79 Å². The van der Waals surface area contributed by atoms with Crippen molar-refractivity contribution in [1.82, 2.24) is 9.78 Å². The van der Waals surface area contributed by atoms with Gasteiger partial charge in [0.05, 0.1) is 17.4 Å². The largest absolute Gasteiger partial charge is 0.323 e. The molecule has 0 spiro atoms. The number of halogens is 1. The van der Waals surface area contributed by atoms with E-state index in [2.05, 4.69) is 10.4 Å². The van der Waals surface area contributed by atoms with E-state index in [0.717, 1.165) is 16.6 Å². The molecule has 0 aliphatic heterocycles. The van der Waals surface area contributed by atoms with Crippen LogP contribution in [-0.4, -0.2) is 21.6 Å². The fourth-order valence-electron chi connectivity index (χ4n) is 1.52. The predicted octanol–water partition coefficient (Wildman–Crippen LogP) is 1.75. The summed E-state index contributed by atoms with van der Waals surface area (Å²) in [6.45, 7) is 0. The van der Waals surface area contributed by atoms with Gasteiger partial charge in [0.2, 0.25) is 5.91 Å². The molecular weight excluding hydrogens is 214 g/mol. The topological polar surface area (TPSA) is 46.9 Å². The fraction of sp³-hybridized carbons (Fsp3) is 0.200. The van der Waals surface area contributed by atoms with Gasteiger partial charge in [-0.3, -0.25) is 9.48 Å². The third-order valence-electron chi connectivity index (χ3n) is 2.16. The van der Waals surface area contributed by atoms with E-state index in [1.807, 2.05) is 25.2 Å². The summed E-state index contributed by atoms with van der Waals surface area (Å²) in [5, 5.41) is 7.84. The third-order valence-corrected chi connectivity index (χ3v) is 2.40. The number of aryl methyl sites for hydroxylation is 1. The molecule has 0 radical (unpaired) electrons. The Hall–Kier alpha value is -1.55. The first-order chi connectivity index (χ1) is 7.22. The lowest BCUT2D eigenvalue weighted by Gasteiger charge is -2.05. The van der Waals surface area contributed by atoms with Crippen LogP contribution in [0, 0.1) is 0 Å². The molecule has 0 atom stereocenters. The maximum atomic E-state index is 11.2. The van der Waals surface area contributed by atoms with Crippen LogP contribution in [0.3, 0.4) is 0 Å². The molecule has 4 nitrogen and oxygen atoms in total. The highest BCUT2D eigenvalue weighted by Crippen LogP contribution is 2.22. The predicted molar refractivity (Wildman–Crippen MR) is 60.1 cm³/mol. The lowest BCUT2D eigenvalue weighted by molar-refractivity contribution is -0.113. The monoisotopic (exact) mass is 223 g/mol. The van der Waals surface area contributed by atoms with Crippen LogP contribution in [-0.2, 0) is 11.8 Å². The van der Waals surface area contributed by atoms with Crippen molar-refractivity contribution in [1.29, 1.82) is 0 Å². The van der Waals surface area contributed by atoms with Gasteiger partial charge >= 0.3 is 0 Å². The van der Waals surface area contributed by atoms with Gasteiger partial charge in [-0.2, -0.15) is 5.10 Å². The second-order valence-electron chi connectivity index (χ2n) is 3.19. The van der Waals surface area contributed by atoms with Crippen molar-refractivity contribution in [2.24, 2.45) is 7.05 Å². The maximum Gasteiger partial charge on any atom is 0.239 e. The molecule has 1 aromatic carbocycles. The number of carbonyl (C=O) groups excluding carboxylic acids is 1. The van der Waals surface area contributed by atoms with Gasteiger partial charge in [0.25, 0.3) is 0 Å².